The highest BCUT2D eigenvalue weighted by atomic mass is 35.5. The second-order valence-electron chi connectivity index (χ2n) is 5.32. The van der Waals surface area contributed by atoms with Crippen molar-refractivity contribution in [3.8, 4) is 11.8 Å². The van der Waals surface area contributed by atoms with Gasteiger partial charge in [-0.3, -0.25) is 14.9 Å². The molecule has 0 fully saturated rings. The first-order chi connectivity index (χ1) is 12.3. The van der Waals surface area contributed by atoms with Crippen LogP contribution in [0.3, 0.4) is 0 Å². The molecule has 0 aromatic heterocycles. The van der Waals surface area contributed by atoms with E-state index < -0.39 is 4.92 Å². The maximum Gasteiger partial charge on any atom is 0.270 e. The summed E-state index contributed by atoms with van der Waals surface area (Å²) in [5.74, 6) is 0.0914. The maximum absolute atomic E-state index is 12.3. The topological polar surface area (TPSA) is 108 Å². The highest BCUT2D eigenvalue weighted by molar-refractivity contribution is 6.31. The molecule has 0 unspecified atom stereocenters. The Morgan fingerprint density at radius 3 is 2.73 bits per heavy atom. The van der Waals surface area contributed by atoms with E-state index in [0.717, 1.165) is 0 Å². The number of likely N-dealkylation sites (N-methyl/N-ethyl adjacent to an activating group) is 1. The largest absolute Gasteiger partial charge is 0.495 e. The minimum Gasteiger partial charge on any atom is -0.495 e. The van der Waals surface area contributed by atoms with Crippen molar-refractivity contribution in [2.45, 2.75) is 0 Å². The molecule has 0 bridgehead atoms. The van der Waals surface area contributed by atoms with E-state index in [9.17, 15) is 20.2 Å². The summed E-state index contributed by atoms with van der Waals surface area (Å²) >= 11 is 5.93. The minimum atomic E-state index is -0.581. The monoisotopic (exact) mass is 374 g/mol. The number of nitrogens with one attached hydrogen (secondary N) is 1. The van der Waals surface area contributed by atoms with Crippen LogP contribution in [0.5, 0.6) is 5.75 Å². The second-order valence-corrected chi connectivity index (χ2v) is 5.76. The number of nitro benzene ring substituents is 1. The molecule has 9 heteroatoms. The van der Waals surface area contributed by atoms with E-state index in [0.29, 0.717) is 22.1 Å². The number of benzene rings is 2. The number of non-ortho nitro benzene ring substituents is 1. The van der Waals surface area contributed by atoms with Gasteiger partial charge < -0.3 is 15.0 Å². The number of carbonyl (C=O) groups excluding carboxylic acids is 1. The lowest BCUT2D eigenvalue weighted by Crippen LogP contribution is -2.30. The molecule has 2 rings (SSSR count). The number of methoxy groups -OCH3 is 1. The van der Waals surface area contributed by atoms with Gasteiger partial charge >= 0.3 is 0 Å². The smallest absolute Gasteiger partial charge is 0.270 e. The Morgan fingerprint density at radius 2 is 2.12 bits per heavy atom. The predicted octanol–water partition coefficient (Wildman–Crippen LogP) is 3.20. The molecule has 2 aromatic rings. The summed E-state index contributed by atoms with van der Waals surface area (Å²) in [6.07, 6.45) is 0. The lowest BCUT2D eigenvalue weighted by atomic mass is 10.1. The molecule has 0 spiro atoms. The number of halogens is 1. The SMILES string of the molecule is COc1ccc(Cl)cc1NC(=O)CN(C)c1ccc([N+](=O)[O-])cc1C#N. The van der Waals surface area contributed by atoms with Crippen molar-refractivity contribution in [2.24, 2.45) is 0 Å². The van der Waals surface area contributed by atoms with Crippen LogP contribution in [-0.2, 0) is 4.79 Å². The third-order valence-electron chi connectivity index (χ3n) is 3.54. The summed E-state index contributed by atoms with van der Waals surface area (Å²) in [5.41, 5.74) is 0.746. The van der Waals surface area contributed by atoms with Crippen LogP contribution in [0, 0.1) is 21.4 Å². The van der Waals surface area contributed by atoms with Gasteiger partial charge in [-0.2, -0.15) is 5.26 Å². The Bertz CT molecular complexity index is 895. The molecule has 2 aromatic carbocycles. The van der Waals surface area contributed by atoms with Crippen molar-refractivity contribution >= 4 is 34.6 Å². The first-order valence-corrected chi connectivity index (χ1v) is 7.76. The highest BCUT2D eigenvalue weighted by Crippen LogP contribution is 2.28. The summed E-state index contributed by atoms with van der Waals surface area (Å²) in [6, 6.07) is 10.6. The minimum absolute atomic E-state index is 0.0812. The molecule has 0 heterocycles. The third kappa shape index (κ3) is 4.40. The number of amides is 1. The average molecular weight is 375 g/mol. The fraction of sp³-hybridized carbons (Fsp3) is 0.176. The van der Waals surface area contributed by atoms with Gasteiger partial charge in [0.05, 0.1) is 35.5 Å². The van der Waals surface area contributed by atoms with Crippen LogP contribution in [0.2, 0.25) is 5.02 Å². The van der Waals surface area contributed by atoms with Crippen molar-refractivity contribution in [1.29, 1.82) is 5.26 Å². The Kier molecular flexibility index (Phi) is 5.98. The van der Waals surface area contributed by atoms with Gasteiger partial charge in [0.15, 0.2) is 0 Å². The molecule has 0 saturated carbocycles. The van der Waals surface area contributed by atoms with Crippen molar-refractivity contribution in [3.05, 3.63) is 57.1 Å². The zero-order chi connectivity index (χ0) is 19.3. The quantitative estimate of drug-likeness (QED) is 0.614. The van der Waals surface area contributed by atoms with Gasteiger partial charge in [0.25, 0.3) is 5.69 Å². The van der Waals surface area contributed by atoms with Crippen LogP contribution in [-0.4, -0.2) is 31.5 Å². The van der Waals surface area contributed by atoms with E-state index in [2.05, 4.69) is 5.32 Å². The van der Waals surface area contributed by atoms with Crippen LogP contribution < -0.4 is 15.0 Å². The summed E-state index contributed by atoms with van der Waals surface area (Å²) in [5, 5.41) is 23.2. The first-order valence-electron chi connectivity index (χ1n) is 7.38. The van der Waals surface area contributed by atoms with Crippen molar-refractivity contribution < 1.29 is 14.5 Å². The van der Waals surface area contributed by atoms with Crippen molar-refractivity contribution in [2.75, 3.05) is 30.9 Å². The molecule has 26 heavy (non-hydrogen) atoms. The van der Waals surface area contributed by atoms with E-state index >= 15 is 0 Å². The molecule has 1 amide bonds. The number of carbonyl (C=O) groups is 1. The van der Waals surface area contributed by atoms with Crippen LogP contribution in [0.25, 0.3) is 0 Å². The highest BCUT2D eigenvalue weighted by Gasteiger charge is 2.16. The van der Waals surface area contributed by atoms with Crippen LogP contribution in [0.4, 0.5) is 17.1 Å². The van der Waals surface area contributed by atoms with Crippen LogP contribution in [0.1, 0.15) is 5.56 Å². The Labute approximate surface area is 154 Å². The molecular formula is C17H15ClN4O4. The Hall–Kier alpha value is -3.31. The van der Waals surface area contributed by atoms with Crippen molar-refractivity contribution in [3.63, 3.8) is 0 Å². The number of nitrogens with zero attached hydrogens (tertiary/aromatic N) is 3. The number of nitro groups is 1. The van der Waals surface area contributed by atoms with Gasteiger partial charge in [0, 0.05) is 24.2 Å². The lowest BCUT2D eigenvalue weighted by molar-refractivity contribution is -0.384. The number of hydrogen-bond donors (Lipinski definition) is 1. The third-order valence-corrected chi connectivity index (χ3v) is 3.77. The standard InChI is InChI=1S/C17H15ClN4O4/c1-21(15-5-4-13(22(24)25)7-11(15)9-19)10-17(23)20-14-8-12(18)3-6-16(14)26-2/h3-8H,10H2,1-2H3,(H,20,23). The fourth-order valence-corrected chi connectivity index (χ4v) is 2.50. The molecule has 134 valence electrons. The van der Waals surface area contributed by atoms with Gasteiger partial charge in [-0.1, -0.05) is 11.6 Å². The van der Waals surface area contributed by atoms with Gasteiger partial charge in [-0.25, -0.2) is 0 Å². The predicted molar refractivity (Wildman–Crippen MR) is 97.7 cm³/mol. The summed E-state index contributed by atoms with van der Waals surface area (Å²) < 4.78 is 5.17. The molecular weight excluding hydrogens is 360 g/mol. The van der Waals surface area contributed by atoms with E-state index in [1.165, 1.54) is 30.2 Å². The summed E-state index contributed by atoms with van der Waals surface area (Å²) in [6.45, 7) is -0.0812. The zero-order valence-corrected chi connectivity index (χ0v) is 14.8. The molecule has 8 nitrogen and oxygen atoms in total. The average Bonchev–Trinajstić information content (AvgIpc) is 2.61. The Morgan fingerprint density at radius 1 is 1.38 bits per heavy atom. The molecule has 0 aliphatic heterocycles. The number of rotatable bonds is 6. The molecule has 0 atom stereocenters. The Balaban J connectivity index is 2.16. The molecule has 1 N–H and O–H groups in total. The number of ether oxygens (including phenoxy) is 1. The number of anilines is 2. The van der Waals surface area contributed by atoms with Gasteiger partial charge in [0.2, 0.25) is 5.91 Å². The van der Waals surface area contributed by atoms with E-state index in [1.54, 1.807) is 25.2 Å². The second kappa shape index (κ2) is 8.18. The first kappa shape index (κ1) is 19.0. The van der Waals surface area contributed by atoms with E-state index in [1.807, 2.05) is 6.07 Å². The van der Waals surface area contributed by atoms with Gasteiger partial charge in [0.1, 0.15) is 11.8 Å². The maximum atomic E-state index is 12.3. The molecule has 0 aliphatic carbocycles. The molecule has 0 aliphatic rings. The number of nitriles is 1. The number of hydrogen-bond acceptors (Lipinski definition) is 6. The fourth-order valence-electron chi connectivity index (χ4n) is 2.33. The summed E-state index contributed by atoms with van der Waals surface area (Å²) in [7, 11) is 3.08. The van der Waals surface area contributed by atoms with Gasteiger partial charge in [-0.15, -0.1) is 0 Å². The lowest BCUT2D eigenvalue weighted by Gasteiger charge is -2.20. The van der Waals surface area contributed by atoms with Crippen LogP contribution in [0.15, 0.2) is 36.4 Å². The van der Waals surface area contributed by atoms with Gasteiger partial charge in [-0.05, 0) is 24.3 Å². The van der Waals surface area contributed by atoms with Crippen LogP contribution >= 0.6 is 11.6 Å². The molecule has 0 radical (unpaired) electrons. The molecule has 0 saturated heterocycles. The zero-order valence-electron chi connectivity index (χ0n) is 14.0. The normalized spacial score (nSPS) is 9.92. The summed E-state index contributed by atoms with van der Waals surface area (Å²) in [4.78, 5) is 24.1. The van der Waals surface area contributed by atoms with E-state index in [4.69, 9.17) is 16.3 Å². The van der Waals surface area contributed by atoms with Crippen molar-refractivity contribution in [1.82, 2.24) is 0 Å². The van der Waals surface area contributed by atoms with E-state index in [-0.39, 0.29) is 23.7 Å².